The number of carboxylic acids is 1. The van der Waals surface area contributed by atoms with Crippen LogP contribution in [-0.2, 0) is 11.2 Å². The Morgan fingerprint density at radius 2 is 2.08 bits per heavy atom. The number of rotatable bonds is 6. The summed E-state index contributed by atoms with van der Waals surface area (Å²) >= 11 is 0. The molecule has 8 nitrogen and oxygen atoms in total. The summed E-state index contributed by atoms with van der Waals surface area (Å²) in [5.41, 5.74) is 9.34. The molecule has 8 heteroatoms. The molecule has 1 aromatic carbocycles. The summed E-state index contributed by atoms with van der Waals surface area (Å²) in [6.07, 6.45) is 3.70. The normalized spacial score (nSPS) is 10.7. The lowest BCUT2D eigenvalue weighted by Crippen LogP contribution is -2.13. The number of carbonyl (C=O) groups is 1. The van der Waals surface area contributed by atoms with Crippen LogP contribution in [0.25, 0.3) is 17.1 Å². The number of aliphatic carboxylic acids is 1. The van der Waals surface area contributed by atoms with Crippen molar-refractivity contribution in [2.24, 2.45) is 5.73 Å². The number of hydrogen-bond acceptors (Lipinski definition) is 5. The van der Waals surface area contributed by atoms with Gasteiger partial charge >= 0.3 is 5.97 Å². The number of nitrogens with one attached hydrogen (secondary N) is 1. The summed E-state index contributed by atoms with van der Waals surface area (Å²) in [4.78, 5) is 14.8. The topological polar surface area (TPSA) is 131 Å². The molecule has 0 saturated heterocycles. The summed E-state index contributed by atoms with van der Waals surface area (Å²) in [6.45, 7) is 1.94. The first-order valence-electron chi connectivity index (χ1n) is 7.98. The zero-order valence-electron chi connectivity index (χ0n) is 14.2. The van der Waals surface area contributed by atoms with E-state index in [-0.39, 0.29) is 12.3 Å². The fourth-order valence-corrected chi connectivity index (χ4v) is 2.56. The third-order valence-electron chi connectivity index (χ3n) is 3.89. The highest BCUT2D eigenvalue weighted by Crippen LogP contribution is 2.23. The Morgan fingerprint density at radius 1 is 1.27 bits per heavy atom. The molecule has 0 aliphatic heterocycles. The first-order chi connectivity index (χ1) is 12.4. The second kappa shape index (κ2) is 7.14. The van der Waals surface area contributed by atoms with Crippen molar-refractivity contribution in [3.8, 4) is 17.1 Å². The number of nitrogens with zero attached hydrogens (tertiary/aromatic N) is 4. The van der Waals surface area contributed by atoms with E-state index in [4.69, 9.17) is 16.2 Å². The number of nitrogen functional groups attached to an aromatic ring is 1. The van der Waals surface area contributed by atoms with Crippen LogP contribution < -0.4 is 5.73 Å². The predicted octanol–water partition coefficient (Wildman–Crippen LogP) is 1.94. The van der Waals surface area contributed by atoms with Gasteiger partial charge in [0, 0.05) is 23.7 Å². The number of benzene rings is 1. The maximum absolute atomic E-state index is 10.6. The van der Waals surface area contributed by atoms with Crippen molar-refractivity contribution in [3.05, 3.63) is 59.7 Å². The van der Waals surface area contributed by atoms with E-state index < -0.39 is 5.97 Å². The van der Waals surface area contributed by atoms with E-state index in [0.717, 1.165) is 11.1 Å². The molecule has 4 N–H and O–H groups in total. The van der Waals surface area contributed by atoms with Gasteiger partial charge in [-0.25, -0.2) is 4.98 Å². The maximum atomic E-state index is 10.6. The van der Waals surface area contributed by atoms with Crippen molar-refractivity contribution in [2.75, 3.05) is 0 Å². The molecule has 0 amide bonds. The van der Waals surface area contributed by atoms with Crippen molar-refractivity contribution < 1.29 is 9.90 Å². The Labute approximate surface area is 149 Å². The highest BCUT2D eigenvalue weighted by molar-refractivity contribution is 6.01. The Balaban J connectivity index is 1.86. The van der Waals surface area contributed by atoms with E-state index in [9.17, 15) is 4.79 Å². The highest BCUT2D eigenvalue weighted by Gasteiger charge is 2.11. The maximum Gasteiger partial charge on any atom is 0.303 e. The zero-order valence-corrected chi connectivity index (χ0v) is 14.2. The van der Waals surface area contributed by atoms with E-state index in [1.54, 1.807) is 29.2 Å². The molecule has 0 spiro atoms. The van der Waals surface area contributed by atoms with Crippen molar-refractivity contribution >= 4 is 11.8 Å². The Kier molecular flexibility index (Phi) is 4.74. The van der Waals surface area contributed by atoms with Crippen molar-refractivity contribution in [1.82, 2.24) is 19.7 Å². The molecule has 0 aliphatic carbocycles. The van der Waals surface area contributed by atoms with Gasteiger partial charge in [0.2, 0.25) is 0 Å². The highest BCUT2D eigenvalue weighted by atomic mass is 16.4. The lowest BCUT2D eigenvalue weighted by atomic mass is 10.0. The van der Waals surface area contributed by atoms with Crippen LogP contribution in [0, 0.1) is 12.3 Å². The summed E-state index contributed by atoms with van der Waals surface area (Å²) in [6, 6.07) is 9.24. The zero-order chi connectivity index (χ0) is 18.7. The second-order valence-corrected chi connectivity index (χ2v) is 5.91. The molecular formula is C18H18N6O2. The lowest BCUT2D eigenvalue weighted by Gasteiger charge is -2.09. The molecule has 0 atom stereocenters. The van der Waals surface area contributed by atoms with Crippen molar-refractivity contribution in [3.63, 3.8) is 0 Å². The summed E-state index contributed by atoms with van der Waals surface area (Å²) in [5, 5.41) is 24.9. The molecule has 0 bridgehead atoms. The summed E-state index contributed by atoms with van der Waals surface area (Å²) in [5.74, 6) is -0.311. The molecule has 2 aromatic heterocycles. The van der Waals surface area contributed by atoms with Gasteiger partial charge in [0.15, 0.2) is 5.82 Å². The molecule has 3 aromatic rings. The van der Waals surface area contributed by atoms with E-state index in [0.29, 0.717) is 29.2 Å². The van der Waals surface area contributed by atoms with Crippen LogP contribution in [0.3, 0.4) is 0 Å². The van der Waals surface area contributed by atoms with Crippen LogP contribution in [0.1, 0.15) is 23.2 Å². The van der Waals surface area contributed by atoms with Crippen LogP contribution in [0.4, 0.5) is 0 Å². The molecular weight excluding hydrogens is 332 g/mol. The molecule has 2 heterocycles. The minimum absolute atomic E-state index is 0.0211. The number of nitrogens with two attached hydrogens (primary N) is 1. The monoisotopic (exact) mass is 350 g/mol. The fourth-order valence-electron chi connectivity index (χ4n) is 2.56. The molecule has 26 heavy (non-hydrogen) atoms. The molecule has 132 valence electrons. The second-order valence-electron chi connectivity index (χ2n) is 5.91. The molecule has 0 unspecified atom stereocenters. The minimum atomic E-state index is -0.858. The first-order valence-corrected chi connectivity index (χ1v) is 7.98. The SMILES string of the molecule is Cc1ccc(-c2ccc(-n3cnc(CCC(=O)O)c3)nn2)c(C(=N)N)c1. The van der Waals surface area contributed by atoms with Crippen LogP contribution in [0.2, 0.25) is 0 Å². The molecule has 0 radical (unpaired) electrons. The van der Waals surface area contributed by atoms with Crippen molar-refractivity contribution in [1.29, 1.82) is 5.41 Å². The largest absolute Gasteiger partial charge is 0.481 e. The van der Waals surface area contributed by atoms with Crippen LogP contribution in [-0.4, -0.2) is 36.7 Å². The number of aromatic nitrogens is 4. The third kappa shape index (κ3) is 3.75. The lowest BCUT2D eigenvalue weighted by molar-refractivity contribution is -0.136. The minimum Gasteiger partial charge on any atom is -0.481 e. The van der Waals surface area contributed by atoms with Gasteiger partial charge in [-0.15, -0.1) is 10.2 Å². The van der Waals surface area contributed by atoms with E-state index in [1.807, 2.05) is 25.1 Å². The van der Waals surface area contributed by atoms with E-state index in [2.05, 4.69) is 15.2 Å². The first kappa shape index (κ1) is 17.3. The Hall–Kier alpha value is -3.55. The van der Waals surface area contributed by atoms with Gasteiger partial charge in [-0.3, -0.25) is 14.8 Å². The number of imidazole rings is 1. The van der Waals surface area contributed by atoms with Crippen LogP contribution in [0.5, 0.6) is 0 Å². The third-order valence-corrected chi connectivity index (χ3v) is 3.89. The standard InChI is InChI=1S/C18H18N6O2/c1-11-2-4-13(14(8-11)18(19)20)15-5-6-16(23-22-15)24-9-12(21-10-24)3-7-17(25)26/h2,4-6,8-10H,3,7H2,1H3,(H3,19,20)(H,25,26). The average Bonchev–Trinajstić information content (AvgIpc) is 3.09. The number of carboxylic acid groups (broad SMARTS) is 1. The number of amidine groups is 1. The average molecular weight is 350 g/mol. The van der Waals surface area contributed by atoms with Gasteiger partial charge in [-0.05, 0) is 25.1 Å². The smallest absolute Gasteiger partial charge is 0.303 e. The van der Waals surface area contributed by atoms with Gasteiger partial charge in [0.25, 0.3) is 0 Å². The van der Waals surface area contributed by atoms with E-state index in [1.165, 1.54) is 0 Å². The van der Waals surface area contributed by atoms with E-state index >= 15 is 0 Å². The van der Waals surface area contributed by atoms with Gasteiger partial charge in [0.05, 0.1) is 17.8 Å². The fraction of sp³-hybridized carbons (Fsp3) is 0.167. The molecule has 0 saturated carbocycles. The van der Waals surface area contributed by atoms with Gasteiger partial charge in [-0.2, -0.15) is 0 Å². The Morgan fingerprint density at radius 3 is 2.73 bits per heavy atom. The molecule has 3 rings (SSSR count). The number of aryl methyl sites for hydroxylation is 2. The molecule has 0 aliphatic rings. The predicted molar refractivity (Wildman–Crippen MR) is 96.3 cm³/mol. The van der Waals surface area contributed by atoms with Gasteiger partial charge in [-0.1, -0.05) is 17.7 Å². The quantitative estimate of drug-likeness (QED) is 0.460. The molecule has 0 fully saturated rings. The number of hydrogen-bond donors (Lipinski definition) is 3. The van der Waals surface area contributed by atoms with Crippen LogP contribution >= 0.6 is 0 Å². The summed E-state index contributed by atoms with van der Waals surface area (Å²) in [7, 11) is 0. The van der Waals surface area contributed by atoms with Crippen LogP contribution in [0.15, 0.2) is 42.9 Å². The van der Waals surface area contributed by atoms with Gasteiger partial charge < -0.3 is 10.8 Å². The van der Waals surface area contributed by atoms with Crippen molar-refractivity contribution in [2.45, 2.75) is 19.8 Å². The Bertz CT molecular complexity index is 962. The summed E-state index contributed by atoms with van der Waals surface area (Å²) < 4.78 is 1.69. The van der Waals surface area contributed by atoms with Gasteiger partial charge in [0.1, 0.15) is 12.2 Å².